The number of aliphatic imine (C=N–C) groups is 1. The van der Waals surface area contributed by atoms with Crippen LogP contribution in [0.25, 0.3) is 0 Å². The molecular weight excluding hydrogens is 449 g/mol. The average molecular weight is 480 g/mol. The Morgan fingerprint density at radius 2 is 1.50 bits per heavy atom. The molecule has 0 aliphatic heterocycles. The van der Waals surface area contributed by atoms with Gasteiger partial charge in [0, 0.05) is 31.4 Å². The highest BCUT2D eigenvalue weighted by molar-refractivity contribution is 5.82. The van der Waals surface area contributed by atoms with Crippen LogP contribution in [0.2, 0.25) is 0 Å². The molecule has 0 heterocycles. The summed E-state index contributed by atoms with van der Waals surface area (Å²) in [6.45, 7) is 2.61. The molecule has 0 spiro atoms. The molecule has 0 fully saturated rings. The number of hydrogen-bond donors (Lipinski definition) is 1. The number of rotatable bonds is 6. The molecule has 4 aromatic rings. The van der Waals surface area contributed by atoms with Crippen molar-refractivity contribution < 1.29 is 9.50 Å². The van der Waals surface area contributed by atoms with Crippen LogP contribution >= 0.6 is 0 Å². The van der Waals surface area contributed by atoms with Crippen LogP contribution in [-0.2, 0) is 13.0 Å². The van der Waals surface area contributed by atoms with Gasteiger partial charge >= 0.3 is 0 Å². The lowest BCUT2D eigenvalue weighted by Gasteiger charge is -2.34. The molecule has 36 heavy (non-hydrogen) atoms. The Kier molecular flexibility index (Phi) is 6.83. The van der Waals surface area contributed by atoms with Gasteiger partial charge in [0.15, 0.2) is 0 Å². The highest BCUT2D eigenvalue weighted by atomic mass is 19.1. The van der Waals surface area contributed by atoms with Crippen LogP contribution in [0.5, 0.6) is 0 Å². The molecule has 1 N–H and O–H groups in total. The lowest BCUT2D eigenvalue weighted by molar-refractivity contribution is 0.158. The summed E-state index contributed by atoms with van der Waals surface area (Å²) in [6, 6.07) is 32.9. The summed E-state index contributed by atoms with van der Waals surface area (Å²) in [4.78, 5) is 9.15. The van der Waals surface area contributed by atoms with Gasteiger partial charge in [-0.25, -0.2) is 9.38 Å². The SMILES string of the molecule is CC(=Nc1ccc2c(c1)C(N(c1ccccc1)c1ccccc1)C(O)C2)N(C)Cc1ccc(F)cc1. The number of hydrogen-bond acceptors (Lipinski definition) is 3. The van der Waals surface area contributed by atoms with E-state index in [0.717, 1.165) is 39.6 Å². The Labute approximate surface area is 212 Å². The smallest absolute Gasteiger partial charge is 0.123 e. The third-order valence-electron chi connectivity index (χ3n) is 6.76. The van der Waals surface area contributed by atoms with E-state index in [-0.39, 0.29) is 11.9 Å². The predicted octanol–water partition coefficient (Wildman–Crippen LogP) is 6.80. The van der Waals surface area contributed by atoms with Crippen LogP contribution in [-0.4, -0.2) is 29.0 Å². The van der Waals surface area contributed by atoms with Crippen molar-refractivity contribution in [3.8, 4) is 0 Å². The minimum Gasteiger partial charge on any atom is -0.390 e. The zero-order valence-corrected chi connectivity index (χ0v) is 20.6. The van der Waals surface area contributed by atoms with Gasteiger partial charge in [0.25, 0.3) is 0 Å². The number of halogens is 1. The normalized spacial score (nSPS) is 17.1. The first-order chi connectivity index (χ1) is 17.5. The van der Waals surface area contributed by atoms with Gasteiger partial charge in [0.05, 0.1) is 17.8 Å². The summed E-state index contributed by atoms with van der Waals surface area (Å²) < 4.78 is 13.3. The Morgan fingerprint density at radius 1 is 0.889 bits per heavy atom. The fourth-order valence-corrected chi connectivity index (χ4v) is 4.87. The summed E-state index contributed by atoms with van der Waals surface area (Å²) >= 11 is 0. The van der Waals surface area contributed by atoms with Crippen LogP contribution in [0, 0.1) is 5.82 Å². The van der Waals surface area contributed by atoms with Crippen molar-refractivity contribution >= 4 is 22.9 Å². The molecule has 4 nitrogen and oxygen atoms in total. The molecule has 0 saturated heterocycles. The molecule has 2 atom stereocenters. The van der Waals surface area contributed by atoms with E-state index in [1.807, 2.05) is 61.3 Å². The first-order valence-electron chi connectivity index (χ1n) is 12.2. The van der Waals surface area contributed by atoms with E-state index >= 15 is 0 Å². The van der Waals surface area contributed by atoms with Crippen molar-refractivity contribution in [3.63, 3.8) is 0 Å². The van der Waals surface area contributed by atoms with Crippen molar-refractivity contribution in [3.05, 3.63) is 126 Å². The summed E-state index contributed by atoms with van der Waals surface area (Å²) in [5, 5.41) is 11.2. The number of benzene rings is 4. The second-order valence-corrected chi connectivity index (χ2v) is 9.28. The van der Waals surface area contributed by atoms with Gasteiger partial charge in [-0.2, -0.15) is 0 Å². The third kappa shape index (κ3) is 5.02. The Hall–Kier alpha value is -3.96. The standard InChI is InChI=1S/C31H30FN3O/c1-22(34(2)21-23-13-16-25(32)17-14-23)33-26-18-15-24-19-30(36)31(29(24)20-26)35(27-9-5-3-6-10-27)28-11-7-4-8-12-28/h3-18,20,30-31,36H,19,21H2,1-2H3. The lowest BCUT2D eigenvalue weighted by atomic mass is 10.0. The van der Waals surface area contributed by atoms with Gasteiger partial charge < -0.3 is 14.9 Å². The van der Waals surface area contributed by atoms with Gasteiger partial charge in [-0.3, -0.25) is 0 Å². The first-order valence-corrected chi connectivity index (χ1v) is 12.2. The van der Waals surface area contributed by atoms with E-state index in [4.69, 9.17) is 4.99 Å². The highest BCUT2D eigenvalue weighted by Gasteiger charge is 2.36. The Balaban J connectivity index is 1.47. The van der Waals surface area contributed by atoms with Crippen LogP contribution < -0.4 is 4.90 Å². The lowest BCUT2D eigenvalue weighted by Crippen LogP contribution is -2.30. The molecule has 4 aromatic carbocycles. The predicted molar refractivity (Wildman–Crippen MR) is 145 cm³/mol. The number of fused-ring (bicyclic) bond motifs is 1. The monoisotopic (exact) mass is 479 g/mol. The molecule has 0 amide bonds. The van der Waals surface area contributed by atoms with E-state index < -0.39 is 6.10 Å². The van der Waals surface area contributed by atoms with Crippen molar-refractivity contribution in [2.45, 2.75) is 32.0 Å². The zero-order valence-electron chi connectivity index (χ0n) is 20.6. The van der Waals surface area contributed by atoms with Crippen molar-refractivity contribution in [1.29, 1.82) is 0 Å². The number of aliphatic hydroxyl groups is 1. The van der Waals surface area contributed by atoms with Crippen LogP contribution in [0.15, 0.2) is 108 Å². The third-order valence-corrected chi connectivity index (χ3v) is 6.76. The molecule has 2 unspecified atom stereocenters. The molecule has 5 rings (SSSR count). The number of nitrogens with zero attached hydrogens (tertiary/aromatic N) is 3. The maximum atomic E-state index is 13.3. The molecule has 0 aromatic heterocycles. The minimum atomic E-state index is -0.540. The molecular formula is C31H30FN3O. The first kappa shape index (κ1) is 23.8. The summed E-state index contributed by atoms with van der Waals surface area (Å²) in [7, 11) is 1.98. The number of para-hydroxylation sites is 2. The molecule has 182 valence electrons. The van der Waals surface area contributed by atoms with Gasteiger partial charge in [-0.15, -0.1) is 0 Å². The van der Waals surface area contributed by atoms with Crippen LogP contribution in [0.1, 0.15) is 29.7 Å². The second kappa shape index (κ2) is 10.3. The topological polar surface area (TPSA) is 39.1 Å². The Bertz CT molecular complexity index is 1300. The molecule has 0 radical (unpaired) electrons. The van der Waals surface area contributed by atoms with Crippen LogP contribution in [0.3, 0.4) is 0 Å². The van der Waals surface area contributed by atoms with Gasteiger partial charge in [-0.1, -0.05) is 54.6 Å². The van der Waals surface area contributed by atoms with Gasteiger partial charge in [0.1, 0.15) is 11.7 Å². The number of amidine groups is 1. The van der Waals surface area contributed by atoms with E-state index in [2.05, 4.69) is 41.3 Å². The number of aliphatic hydroxyl groups excluding tert-OH is 1. The van der Waals surface area contributed by atoms with Crippen LogP contribution in [0.4, 0.5) is 21.5 Å². The van der Waals surface area contributed by atoms with E-state index in [1.54, 1.807) is 12.1 Å². The maximum Gasteiger partial charge on any atom is 0.123 e. The van der Waals surface area contributed by atoms with Gasteiger partial charge in [0.2, 0.25) is 0 Å². The molecule has 0 bridgehead atoms. The van der Waals surface area contributed by atoms with Gasteiger partial charge in [-0.05, 0) is 72.1 Å². The zero-order chi connectivity index (χ0) is 25.1. The summed E-state index contributed by atoms with van der Waals surface area (Å²) in [6.07, 6.45) is 0.0609. The van der Waals surface area contributed by atoms with Crippen molar-refractivity contribution in [2.24, 2.45) is 4.99 Å². The molecule has 0 saturated carbocycles. The van der Waals surface area contributed by atoms with Crippen molar-refractivity contribution in [2.75, 3.05) is 11.9 Å². The molecule has 1 aliphatic rings. The fourth-order valence-electron chi connectivity index (χ4n) is 4.87. The largest absolute Gasteiger partial charge is 0.390 e. The highest BCUT2D eigenvalue weighted by Crippen LogP contribution is 2.44. The Morgan fingerprint density at radius 3 is 2.11 bits per heavy atom. The van der Waals surface area contributed by atoms with Crippen molar-refractivity contribution in [1.82, 2.24) is 4.90 Å². The van der Waals surface area contributed by atoms with E-state index in [1.165, 1.54) is 12.1 Å². The maximum absolute atomic E-state index is 13.3. The van der Waals surface area contributed by atoms with E-state index in [9.17, 15) is 9.50 Å². The molecule has 5 heteroatoms. The average Bonchev–Trinajstić information content (AvgIpc) is 3.22. The summed E-state index contributed by atoms with van der Waals surface area (Å²) in [5.74, 6) is 0.624. The quantitative estimate of drug-likeness (QED) is 0.244. The minimum absolute atomic E-state index is 0.225. The second-order valence-electron chi connectivity index (χ2n) is 9.28. The van der Waals surface area contributed by atoms with E-state index in [0.29, 0.717) is 13.0 Å². The molecule has 1 aliphatic carbocycles. The fraction of sp³-hybridized carbons (Fsp3) is 0.194. The summed E-state index contributed by atoms with van der Waals surface area (Å²) in [5.41, 5.74) is 6.16. The number of anilines is 2.